The van der Waals surface area contributed by atoms with Crippen molar-refractivity contribution in [1.29, 1.82) is 0 Å². The topological polar surface area (TPSA) is 55.4 Å². The van der Waals surface area contributed by atoms with Crippen molar-refractivity contribution in [2.45, 2.75) is 31.6 Å². The largest absolute Gasteiger partial charge is 0.463 e. The summed E-state index contributed by atoms with van der Waals surface area (Å²) in [6.07, 6.45) is 4.59. The first-order chi connectivity index (χ1) is 10.2. The average Bonchev–Trinajstić information content (AvgIpc) is 2.46. The molecular formula is C16H21NO3S. The normalized spacial score (nSPS) is 10.6. The van der Waals surface area contributed by atoms with Crippen LogP contribution in [0.2, 0.25) is 0 Å². The van der Waals surface area contributed by atoms with Gasteiger partial charge in [0.1, 0.15) is 0 Å². The van der Waals surface area contributed by atoms with Gasteiger partial charge in [0.2, 0.25) is 5.91 Å². The predicted molar refractivity (Wildman–Crippen MR) is 86.5 cm³/mol. The maximum Gasteiger partial charge on any atom is 0.330 e. The van der Waals surface area contributed by atoms with E-state index in [4.69, 9.17) is 4.74 Å². The second-order valence-corrected chi connectivity index (χ2v) is 5.38. The Labute approximate surface area is 130 Å². The molecule has 1 rings (SSSR count). The van der Waals surface area contributed by atoms with Gasteiger partial charge in [-0.1, -0.05) is 13.0 Å². The molecule has 0 fully saturated rings. The number of rotatable bonds is 8. The monoisotopic (exact) mass is 307 g/mol. The van der Waals surface area contributed by atoms with E-state index in [1.165, 1.54) is 6.08 Å². The molecule has 1 aromatic rings. The number of ether oxygens (including phenoxy) is 1. The zero-order valence-electron chi connectivity index (χ0n) is 12.4. The Balaban J connectivity index is 2.37. The molecule has 5 heteroatoms. The lowest BCUT2D eigenvalue weighted by atomic mass is 10.3. The number of carbonyl (C=O) groups is 2. The second kappa shape index (κ2) is 10.0. The van der Waals surface area contributed by atoms with Crippen LogP contribution in [0.25, 0.3) is 0 Å². The molecule has 0 aliphatic rings. The van der Waals surface area contributed by atoms with Crippen molar-refractivity contribution in [2.24, 2.45) is 0 Å². The van der Waals surface area contributed by atoms with Crippen LogP contribution in [0.4, 0.5) is 5.69 Å². The molecule has 114 valence electrons. The maximum absolute atomic E-state index is 11.5. The Kier molecular flexibility index (Phi) is 8.28. The van der Waals surface area contributed by atoms with E-state index in [-0.39, 0.29) is 11.9 Å². The predicted octanol–water partition coefficient (Wildman–Crippen LogP) is 3.64. The van der Waals surface area contributed by atoms with Gasteiger partial charge in [-0.05, 0) is 37.6 Å². The van der Waals surface area contributed by atoms with Crippen molar-refractivity contribution in [2.75, 3.05) is 17.7 Å². The lowest BCUT2D eigenvalue weighted by molar-refractivity contribution is -0.137. The minimum Gasteiger partial charge on any atom is -0.463 e. The molecule has 0 aromatic heterocycles. The third kappa shape index (κ3) is 7.56. The number of hydrogen-bond acceptors (Lipinski definition) is 4. The van der Waals surface area contributed by atoms with Crippen LogP contribution in [0, 0.1) is 0 Å². The molecule has 0 unspecified atom stereocenters. The van der Waals surface area contributed by atoms with Gasteiger partial charge in [-0.2, -0.15) is 0 Å². The summed E-state index contributed by atoms with van der Waals surface area (Å²) >= 11 is 1.61. The van der Waals surface area contributed by atoms with Gasteiger partial charge in [-0.3, -0.25) is 4.79 Å². The molecule has 0 radical (unpaired) electrons. The van der Waals surface area contributed by atoms with Gasteiger partial charge in [0.15, 0.2) is 0 Å². The number of hydrogen-bond donors (Lipinski definition) is 1. The Bertz CT molecular complexity index is 483. The van der Waals surface area contributed by atoms with E-state index >= 15 is 0 Å². The van der Waals surface area contributed by atoms with Crippen LogP contribution in [0.1, 0.15) is 26.7 Å². The van der Waals surface area contributed by atoms with Gasteiger partial charge in [-0.25, -0.2) is 4.79 Å². The number of amides is 1. The lowest BCUT2D eigenvalue weighted by Gasteiger charge is -2.05. The number of carbonyl (C=O) groups excluding carboxylic acids is 2. The van der Waals surface area contributed by atoms with Crippen molar-refractivity contribution < 1.29 is 14.3 Å². The molecule has 0 aliphatic carbocycles. The van der Waals surface area contributed by atoms with Gasteiger partial charge in [0, 0.05) is 28.8 Å². The minimum absolute atomic E-state index is 0.0373. The SMILES string of the molecule is CCCC(=O)Nc1ccc(SC/C=C/C(=O)OCC)cc1. The van der Waals surface area contributed by atoms with Gasteiger partial charge in [0.05, 0.1) is 6.61 Å². The van der Waals surface area contributed by atoms with Crippen LogP contribution in [0.15, 0.2) is 41.3 Å². The first-order valence-corrected chi connectivity index (χ1v) is 8.00. The molecule has 4 nitrogen and oxygen atoms in total. The van der Waals surface area contributed by atoms with E-state index < -0.39 is 0 Å². The molecule has 0 saturated heterocycles. The molecule has 21 heavy (non-hydrogen) atoms. The first kappa shape index (κ1) is 17.3. The minimum atomic E-state index is -0.313. The highest BCUT2D eigenvalue weighted by molar-refractivity contribution is 7.99. The van der Waals surface area contributed by atoms with Gasteiger partial charge in [0.25, 0.3) is 0 Å². The first-order valence-electron chi connectivity index (χ1n) is 7.01. The van der Waals surface area contributed by atoms with Crippen molar-refractivity contribution in [1.82, 2.24) is 0 Å². The summed E-state index contributed by atoms with van der Waals surface area (Å²) < 4.78 is 4.79. The van der Waals surface area contributed by atoms with E-state index in [1.54, 1.807) is 24.8 Å². The van der Waals surface area contributed by atoms with Gasteiger partial charge < -0.3 is 10.1 Å². The summed E-state index contributed by atoms with van der Waals surface area (Å²) in [5.74, 6) is 0.419. The summed E-state index contributed by atoms with van der Waals surface area (Å²) in [5, 5.41) is 2.84. The van der Waals surface area contributed by atoms with E-state index in [0.29, 0.717) is 18.8 Å². The second-order valence-electron chi connectivity index (χ2n) is 4.29. The van der Waals surface area contributed by atoms with Crippen molar-refractivity contribution in [3.05, 3.63) is 36.4 Å². The Morgan fingerprint density at radius 2 is 1.95 bits per heavy atom. The number of esters is 1. The molecule has 0 aliphatic heterocycles. The third-order valence-electron chi connectivity index (χ3n) is 2.50. The summed E-state index contributed by atoms with van der Waals surface area (Å²) in [6.45, 7) is 4.14. The van der Waals surface area contributed by atoms with Crippen molar-refractivity contribution in [3.8, 4) is 0 Å². The zero-order valence-corrected chi connectivity index (χ0v) is 13.2. The molecule has 0 bridgehead atoms. The van der Waals surface area contributed by atoms with E-state index in [0.717, 1.165) is 17.0 Å². The zero-order chi connectivity index (χ0) is 15.5. The fourth-order valence-corrected chi connectivity index (χ4v) is 2.28. The molecule has 0 saturated carbocycles. The number of thioether (sulfide) groups is 1. The van der Waals surface area contributed by atoms with Crippen LogP contribution in [0.3, 0.4) is 0 Å². The van der Waals surface area contributed by atoms with Crippen molar-refractivity contribution >= 4 is 29.3 Å². The Morgan fingerprint density at radius 3 is 2.57 bits per heavy atom. The van der Waals surface area contributed by atoms with Crippen LogP contribution in [-0.2, 0) is 14.3 Å². The molecule has 1 N–H and O–H groups in total. The van der Waals surface area contributed by atoms with Crippen LogP contribution >= 0.6 is 11.8 Å². The highest BCUT2D eigenvalue weighted by Crippen LogP contribution is 2.20. The van der Waals surface area contributed by atoms with Gasteiger partial charge >= 0.3 is 5.97 Å². The molecule has 0 atom stereocenters. The van der Waals surface area contributed by atoms with E-state index in [2.05, 4.69) is 5.32 Å². The average molecular weight is 307 g/mol. The Hall–Kier alpha value is -1.75. The highest BCUT2D eigenvalue weighted by Gasteiger charge is 2.00. The van der Waals surface area contributed by atoms with Crippen molar-refractivity contribution in [3.63, 3.8) is 0 Å². The van der Waals surface area contributed by atoms with E-state index in [9.17, 15) is 9.59 Å². The standard InChI is InChI=1S/C16H21NO3S/c1-3-6-15(18)17-13-8-10-14(11-9-13)21-12-5-7-16(19)20-4-2/h5,7-11H,3-4,6,12H2,1-2H3,(H,17,18)/b7-5+. The summed E-state index contributed by atoms with van der Waals surface area (Å²) in [5.41, 5.74) is 0.805. The Morgan fingerprint density at radius 1 is 1.24 bits per heavy atom. The van der Waals surface area contributed by atoms with E-state index in [1.807, 2.05) is 31.2 Å². The molecule has 1 aromatic carbocycles. The lowest BCUT2D eigenvalue weighted by Crippen LogP contribution is -2.10. The van der Waals surface area contributed by atoms with Crippen LogP contribution in [0.5, 0.6) is 0 Å². The molecule has 1 amide bonds. The number of nitrogens with one attached hydrogen (secondary N) is 1. The van der Waals surface area contributed by atoms with Crippen LogP contribution in [-0.4, -0.2) is 24.2 Å². The maximum atomic E-state index is 11.5. The molecular weight excluding hydrogens is 286 g/mol. The summed E-state index contributed by atoms with van der Waals surface area (Å²) in [7, 11) is 0. The number of anilines is 1. The van der Waals surface area contributed by atoms with Crippen LogP contribution < -0.4 is 5.32 Å². The smallest absolute Gasteiger partial charge is 0.330 e. The molecule has 0 spiro atoms. The molecule has 0 heterocycles. The highest BCUT2D eigenvalue weighted by atomic mass is 32.2. The van der Waals surface area contributed by atoms with Gasteiger partial charge in [-0.15, -0.1) is 11.8 Å². The third-order valence-corrected chi connectivity index (χ3v) is 3.47. The fourth-order valence-electron chi connectivity index (χ4n) is 1.56. The summed E-state index contributed by atoms with van der Waals surface area (Å²) in [6, 6.07) is 7.66. The fraction of sp³-hybridized carbons (Fsp3) is 0.375. The summed E-state index contributed by atoms with van der Waals surface area (Å²) in [4.78, 5) is 23.6. The quantitative estimate of drug-likeness (QED) is 0.452. The number of benzene rings is 1.